The van der Waals surface area contributed by atoms with E-state index in [0.29, 0.717) is 0 Å². The Morgan fingerprint density at radius 1 is 1.00 bits per heavy atom. The van der Waals surface area contributed by atoms with Gasteiger partial charge in [0.05, 0.1) is 0 Å². The summed E-state index contributed by atoms with van der Waals surface area (Å²) < 4.78 is 0. The Bertz CT molecular complexity index is 594. The number of hydrogen-bond acceptors (Lipinski definition) is 2. The van der Waals surface area contributed by atoms with Crippen molar-refractivity contribution in [3.05, 3.63) is 58.7 Å². The van der Waals surface area contributed by atoms with E-state index < -0.39 is 0 Å². The van der Waals surface area contributed by atoms with Crippen LogP contribution in [0, 0.1) is 20.8 Å². The van der Waals surface area contributed by atoms with Gasteiger partial charge in [-0.05, 0) is 62.1 Å². The van der Waals surface area contributed by atoms with Crippen LogP contribution < -0.4 is 10.6 Å². The van der Waals surface area contributed by atoms with E-state index in [0.717, 1.165) is 25.2 Å². The molecule has 0 aliphatic carbocycles. The van der Waals surface area contributed by atoms with E-state index in [1.807, 2.05) is 12.1 Å². The van der Waals surface area contributed by atoms with E-state index >= 15 is 0 Å². The molecule has 0 unspecified atom stereocenters. The fraction of sp³-hybridized carbons (Fsp3) is 0.368. The van der Waals surface area contributed by atoms with Crippen LogP contribution in [0.4, 0.5) is 11.4 Å². The molecule has 0 spiro atoms. The van der Waals surface area contributed by atoms with Crippen LogP contribution >= 0.6 is 0 Å². The predicted octanol–water partition coefficient (Wildman–Crippen LogP) is 4.61. The van der Waals surface area contributed by atoms with Crippen LogP contribution in [0.25, 0.3) is 0 Å². The zero-order chi connectivity index (χ0) is 15.4. The molecule has 0 radical (unpaired) electrons. The Labute approximate surface area is 128 Å². The van der Waals surface area contributed by atoms with Gasteiger partial charge in [0.25, 0.3) is 0 Å². The summed E-state index contributed by atoms with van der Waals surface area (Å²) in [5.74, 6) is 0. The normalized spacial score (nSPS) is 10.7. The minimum Gasteiger partial charge on any atom is -0.399 e. The summed E-state index contributed by atoms with van der Waals surface area (Å²) in [4.78, 5) is 2.42. The van der Waals surface area contributed by atoms with Gasteiger partial charge in [0.1, 0.15) is 0 Å². The van der Waals surface area contributed by atoms with Crippen molar-refractivity contribution in [3.63, 3.8) is 0 Å². The molecule has 0 saturated heterocycles. The van der Waals surface area contributed by atoms with Gasteiger partial charge in [0.15, 0.2) is 0 Å². The summed E-state index contributed by atoms with van der Waals surface area (Å²) >= 11 is 0. The molecular formula is C19H26N2. The molecule has 0 bridgehead atoms. The van der Waals surface area contributed by atoms with Crippen molar-refractivity contribution in [1.29, 1.82) is 0 Å². The maximum absolute atomic E-state index is 5.94. The number of nitrogens with two attached hydrogens (primary N) is 1. The molecule has 0 fully saturated rings. The van der Waals surface area contributed by atoms with Gasteiger partial charge in [-0.3, -0.25) is 0 Å². The zero-order valence-electron chi connectivity index (χ0n) is 13.6. The SMILES string of the molecule is CCCN(Cc1c(C)cc(C)cc1C)c1cccc(N)c1. The van der Waals surface area contributed by atoms with Gasteiger partial charge in [-0.2, -0.15) is 0 Å². The molecule has 0 saturated carbocycles. The second kappa shape index (κ2) is 6.66. The summed E-state index contributed by atoms with van der Waals surface area (Å²) in [5.41, 5.74) is 13.5. The highest BCUT2D eigenvalue weighted by atomic mass is 15.1. The highest BCUT2D eigenvalue weighted by Crippen LogP contribution is 2.24. The third-order valence-electron chi connectivity index (χ3n) is 3.92. The molecule has 2 rings (SSSR count). The fourth-order valence-corrected chi connectivity index (χ4v) is 2.94. The van der Waals surface area contributed by atoms with Gasteiger partial charge in [-0.25, -0.2) is 0 Å². The van der Waals surface area contributed by atoms with Crippen molar-refractivity contribution in [2.75, 3.05) is 17.2 Å². The van der Waals surface area contributed by atoms with Gasteiger partial charge in [-0.15, -0.1) is 0 Å². The topological polar surface area (TPSA) is 29.3 Å². The third kappa shape index (κ3) is 3.78. The first-order chi connectivity index (χ1) is 10.0. The molecular weight excluding hydrogens is 256 g/mol. The molecule has 112 valence electrons. The van der Waals surface area contributed by atoms with Crippen molar-refractivity contribution < 1.29 is 0 Å². The van der Waals surface area contributed by atoms with Crippen molar-refractivity contribution in [3.8, 4) is 0 Å². The number of nitrogens with zero attached hydrogens (tertiary/aromatic N) is 1. The number of nitrogen functional groups attached to an aromatic ring is 1. The van der Waals surface area contributed by atoms with Gasteiger partial charge >= 0.3 is 0 Å². The first kappa shape index (κ1) is 15.4. The molecule has 0 aliphatic heterocycles. The number of anilines is 2. The van der Waals surface area contributed by atoms with Crippen LogP contribution in [0.5, 0.6) is 0 Å². The molecule has 2 aromatic rings. The lowest BCUT2D eigenvalue weighted by atomic mass is 9.99. The highest BCUT2D eigenvalue weighted by molar-refractivity contribution is 5.56. The third-order valence-corrected chi connectivity index (χ3v) is 3.92. The van der Waals surface area contributed by atoms with Crippen molar-refractivity contribution in [2.45, 2.75) is 40.7 Å². The van der Waals surface area contributed by atoms with E-state index in [2.05, 4.69) is 56.9 Å². The van der Waals surface area contributed by atoms with Crippen molar-refractivity contribution >= 4 is 11.4 Å². The molecule has 0 aromatic heterocycles. The van der Waals surface area contributed by atoms with Crippen LogP contribution in [0.2, 0.25) is 0 Å². The molecule has 2 N–H and O–H groups in total. The smallest absolute Gasteiger partial charge is 0.0434 e. The zero-order valence-corrected chi connectivity index (χ0v) is 13.6. The minimum atomic E-state index is 0.825. The molecule has 2 heteroatoms. The van der Waals surface area contributed by atoms with E-state index in [1.165, 1.54) is 27.9 Å². The fourth-order valence-electron chi connectivity index (χ4n) is 2.94. The quantitative estimate of drug-likeness (QED) is 0.811. The second-order valence-electron chi connectivity index (χ2n) is 5.89. The standard InChI is InChI=1S/C19H26N2/c1-5-9-21(18-8-6-7-17(20)12-18)13-19-15(3)10-14(2)11-16(19)4/h6-8,10-12H,5,9,13,20H2,1-4H3. The van der Waals surface area contributed by atoms with Gasteiger partial charge in [0.2, 0.25) is 0 Å². The average Bonchev–Trinajstić information content (AvgIpc) is 2.41. The van der Waals surface area contributed by atoms with Crippen molar-refractivity contribution in [2.24, 2.45) is 0 Å². The van der Waals surface area contributed by atoms with E-state index in [4.69, 9.17) is 5.73 Å². The van der Waals surface area contributed by atoms with Crippen LogP contribution in [0.15, 0.2) is 36.4 Å². The summed E-state index contributed by atoms with van der Waals surface area (Å²) in [5, 5.41) is 0. The van der Waals surface area contributed by atoms with Crippen LogP contribution in [-0.4, -0.2) is 6.54 Å². The molecule has 0 heterocycles. The largest absolute Gasteiger partial charge is 0.399 e. The maximum Gasteiger partial charge on any atom is 0.0434 e. The summed E-state index contributed by atoms with van der Waals surface area (Å²) in [6, 6.07) is 12.7. The molecule has 2 nitrogen and oxygen atoms in total. The lowest BCUT2D eigenvalue weighted by Gasteiger charge is -2.26. The Kier molecular flexibility index (Phi) is 4.89. The van der Waals surface area contributed by atoms with E-state index in [9.17, 15) is 0 Å². The minimum absolute atomic E-state index is 0.825. The number of hydrogen-bond donors (Lipinski definition) is 1. The molecule has 0 aliphatic rings. The van der Waals surface area contributed by atoms with Crippen LogP contribution in [-0.2, 0) is 6.54 Å². The molecule has 0 atom stereocenters. The first-order valence-electron chi connectivity index (χ1n) is 7.68. The highest BCUT2D eigenvalue weighted by Gasteiger charge is 2.11. The van der Waals surface area contributed by atoms with Crippen molar-refractivity contribution in [1.82, 2.24) is 0 Å². The molecule has 21 heavy (non-hydrogen) atoms. The number of benzene rings is 2. The average molecular weight is 282 g/mol. The monoisotopic (exact) mass is 282 g/mol. The van der Waals surface area contributed by atoms with Gasteiger partial charge in [-0.1, -0.05) is 30.7 Å². The molecule has 0 amide bonds. The summed E-state index contributed by atoms with van der Waals surface area (Å²) in [6.45, 7) is 10.8. The van der Waals surface area contributed by atoms with Gasteiger partial charge in [0, 0.05) is 24.5 Å². The Morgan fingerprint density at radius 2 is 1.67 bits per heavy atom. The van der Waals surface area contributed by atoms with E-state index in [1.54, 1.807) is 0 Å². The van der Waals surface area contributed by atoms with Gasteiger partial charge < -0.3 is 10.6 Å². The molecule has 2 aromatic carbocycles. The Morgan fingerprint density at radius 3 is 2.24 bits per heavy atom. The Balaban J connectivity index is 2.33. The predicted molar refractivity (Wildman–Crippen MR) is 92.8 cm³/mol. The second-order valence-corrected chi connectivity index (χ2v) is 5.89. The number of aryl methyl sites for hydroxylation is 3. The van der Waals surface area contributed by atoms with E-state index in [-0.39, 0.29) is 0 Å². The van der Waals surface area contributed by atoms with Crippen LogP contribution in [0.1, 0.15) is 35.6 Å². The number of rotatable bonds is 5. The maximum atomic E-state index is 5.94. The van der Waals surface area contributed by atoms with Crippen LogP contribution in [0.3, 0.4) is 0 Å². The summed E-state index contributed by atoms with van der Waals surface area (Å²) in [7, 11) is 0. The summed E-state index contributed by atoms with van der Waals surface area (Å²) in [6.07, 6.45) is 1.12. The lowest BCUT2D eigenvalue weighted by molar-refractivity contribution is 0.761. The first-order valence-corrected chi connectivity index (χ1v) is 7.68. The Hall–Kier alpha value is -1.96. The lowest BCUT2D eigenvalue weighted by Crippen LogP contribution is -2.24.